The molecule has 4 nitrogen and oxygen atoms in total. The lowest BCUT2D eigenvalue weighted by atomic mass is 10.0. The number of carboxylic acid groups (broad SMARTS) is 1. The summed E-state index contributed by atoms with van der Waals surface area (Å²) in [4.78, 5) is 24.2. The second kappa shape index (κ2) is 5.52. The Morgan fingerprint density at radius 2 is 1.89 bits per heavy atom. The van der Waals surface area contributed by atoms with Crippen LogP contribution in [0.3, 0.4) is 0 Å². The van der Waals surface area contributed by atoms with E-state index in [4.69, 9.17) is 0 Å². The third kappa shape index (κ3) is 3.10. The minimum Gasteiger partial charge on any atom is -0.480 e. The largest absolute Gasteiger partial charge is 0.480 e. The predicted molar refractivity (Wildman–Crippen MR) is 72.1 cm³/mol. The highest BCUT2D eigenvalue weighted by Gasteiger charge is 2.36. The summed E-state index contributed by atoms with van der Waals surface area (Å²) in [6.45, 7) is 4.68. The molecule has 0 bridgehead atoms. The van der Waals surface area contributed by atoms with Crippen LogP contribution in [0.1, 0.15) is 26.3 Å². The van der Waals surface area contributed by atoms with Gasteiger partial charge in [-0.1, -0.05) is 34.1 Å². The smallest absolute Gasteiger partial charge is 0.329 e. The average Bonchev–Trinajstić information content (AvgIpc) is 2.26. The molecule has 0 aliphatic rings. The molecule has 0 saturated carbocycles. The minimum atomic E-state index is -1.24. The molecule has 0 aliphatic heterocycles. The van der Waals surface area contributed by atoms with Crippen LogP contribution >= 0.6 is 15.9 Å². The number of amides is 1. The summed E-state index contributed by atoms with van der Waals surface area (Å²) < 4.78 is 0.859. The molecule has 1 N–H and O–H groups in total. The molecule has 0 radical (unpaired) electrons. The summed E-state index contributed by atoms with van der Waals surface area (Å²) in [6.07, 6.45) is 0. The molecule has 18 heavy (non-hydrogen) atoms. The summed E-state index contributed by atoms with van der Waals surface area (Å²) in [5, 5.41) is 9.20. The highest BCUT2D eigenvalue weighted by molar-refractivity contribution is 9.10. The lowest BCUT2D eigenvalue weighted by Gasteiger charge is -2.34. The Hall–Kier alpha value is -1.36. The van der Waals surface area contributed by atoms with E-state index < -0.39 is 11.5 Å². The van der Waals surface area contributed by atoms with Gasteiger partial charge in [-0.3, -0.25) is 4.79 Å². The van der Waals surface area contributed by atoms with E-state index >= 15 is 0 Å². The van der Waals surface area contributed by atoms with Gasteiger partial charge < -0.3 is 10.0 Å². The molecular weight excluding hydrogens is 298 g/mol. The van der Waals surface area contributed by atoms with Crippen LogP contribution in [0.2, 0.25) is 0 Å². The van der Waals surface area contributed by atoms with Crippen molar-refractivity contribution in [3.63, 3.8) is 0 Å². The van der Waals surface area contributed by atoms with Crippen LogP contribution in [0.5, 0.6) is 0 Å². The first-order valence-electron chi connectivity index (χ1n) is 5.52. The second-order valence-corrected chi connectivity index (χ2v) is 5.42. The lowest BCUT2D eigenvalue weighted by Crippen LogP contribution is -2.51. The Morgan fingerprint density at radius 1 is 1.33 bits per heavy atom. The first-order valence-corrected chi connectivity index (χ1v) is 6.31. The molecule has 0 unspecified atom stereocenters. The predicted octanol–water partition coefficient (Wildman–Crippen LogP) is 2.66. The maximum Gasteiger partial charge on any atom is 0.329 e. The van der Waals surface area contributed by atoms with Crippen molar-refractivity contribution < 1.29 is 14.7 Å². The number of aliphatic carboxylic acids is 1. The zero-order chi connectivity index (χ0) is 13.9. The maximum atomic E-state index is 11.7. The normalized spacial score (nSPS) is 11.1. The van der Waals surface area contributed by atoms with Gasteiger partial charge in [-0.05, 0) is 25.5 Å². The number of carbonyl (C=O) groups is 2. The Kier molecular flexibility index (Phi) is 4.51. The van der Waals surface area contributed by atoms with Crippen molar-refractivity contribution in [1.29, 1.82) is 0 Å². The Balaban J connectivity index is 3.06. The van der Waals surface area contributed by atoms with Crippen LogP contribution in [-0.4, -0.2) is 27.4 Å². The van der Waals surface area contributed by atoms with Crippen LogP contribution in [0, 0.1) is 0 Å². The molecule has 98 valence electrons. The fourth-order valence-electron chi connectivity index (χ4n) is 1.62. The van der Waals surface area contributed by atoms with E-state index in [9.17, 15) is 14.7 Å². The molecule has 0 saturated heterocycles. The summed E-state index contributed by atoms with van der Waals surface area (Å²) in [6, 6.07) is 7.44. The van der Waals surface area contributed by atoms with E-state index in [0.717, 1.165) is 10.0 Å². The zero-order valence-corrected chi connectivity index (χ0v) is 12.2. The first kappa shape index (κ1) is 14.7. The topological polar surface area (TPSA) is 57.6 Å². The van der Waals surface area contributed by atoms with Crippen LogP contribution in [-0.2, 0) is 16.1 Å². The SMILES string of the molecule is CC(=O)N(Cc1ccccc1Br)C(C)(C)C(=O)O. The van der Waals surface area contributed by atoms with Crippen LogP contribution in [0.4, 0.5) is 0 Å². The molecule has 5 heteroatoms. The van der Waals surface area contributed by atoms with Crippen LogP contribution in [0.25, 0.3) is 0 Å². The van der Waals surface area contributed by atoms with E-state index in [2.05, 4.69) is 15.9 Å². The van der Waals surface area contributed by atoms with Crippen LogP contribution < -0.4 is 0 Å². The molecule has 0 aliphatic carbocycles. The summed E-state index contributed by atoms with van der Waals surface area (Å²) >= 11 is 3.39. The Bertz CT molecular complexity index is 471. The highest BCUT2D eigenvalue weighted by atomic mass is 79.9. The van der Waals surface area contributed by atoms with Crippen molar-refractivity contribution in [2.45, 2.75) is 32.9 Å². The standard InChI is InChI=1S/C13H16BrNO3/c1-9(16)15(13(2,3)12(17)18)8-10-6-4-5-7-11(10)14/h4-7H,8H2,1-3H3,(H,17,18). The monoisotopic (exact) mass is 313 g/mol. The van der Waals surface area contributed by atoms with E-state index in [1.165, 1.54) is 25.7 Å². The molecule has 0 aromatic heterocycles. The lowest BCUT2D eigenvalue weighted by molar-refractivity contribution is -0.156. The number of halogens is 1. The Morgan fingerprint density at radius 3 is 2.33 bits per heavy atom. The van der Waals surface area contributed by atoms with Gasteiger partial charge in [-0.25, -0.2) is 4.79 Å². The number of hydrogen-bond donors (Lipinski definition) is 1. The summed E-state index contributed by atoms with van der Waals surface area (Å²) in [5.74, 6) is -1.29. The molecule has 1 amide bonds. The first-order chi connectivity index (χ1) is 8.26. The molecule has 0 fully saturated rings. The molecule has 1 rings (SSSR count). The quantitative estimate of drug-likeness (QED) is 0.929. The third-order valence-electron chi connectivity index (χ3n) is 2.86. The number of carbonyl (C=O) groups excluding carboxylic acids is 1. The average molecular weight is 314 g/mol. The van der Waals surface area contributed by atoms with Gasteiger partial charge in [0.1, 0.15) is 5.54 Å². The van der Waals surface area contributed by atoms with Crippen molar-refractivity contribution in [1.82, 2.24) is 4.90 Å². The number of nitrogens with zero attached hydrogens (tertiary/aromatic N) is 1. The van der Waals surface area contributed by atoms with Gasteiger partial charge in [0.05, 0.1) is 0 Å². The van der Waals surface area contributed by atoms with Gasteiger partial charge in [0.15, 0.2) is 0 Å². The zero-order valence-electron chi connectivity index (χ0n) is 10.6. The van der Waals surface area contributed by atoms with Crippen molar-refractivity contribution in [2.75, 3.05) is 0 Å². The van der Waals surface area contributed by atoms with E-state index in [0.29, 0.717) is 0 Å². The summed E-state index contributed by atoms with van der Waals surface area (Å²) in [5.41, 5.74) is -0.358. The van der Waals surface area contributed by atoms with Crippen molar-refractivity contribution in [3.05, 3.63) is 34.3 Å². The fraction of sp³-hybridized carbons (Fsp3) is 0.385. The second-order valence-electron chi connectivity index (χ2n) is 4.56. The number of rotatable bonds is 4. The van der Waals surface area contributed by atoms with Crippen molar-refractivity contribution >= 4 is 27.8 Å². The minimum absolute atomic E-state index is 0.260. The number of hydrogen-bond acceptors (Lipinski definition) is 2. The maximum absolute atomic E-state index is 11.7. The Labute approximate surface area is 115 Å². The van der Waals surface area contributed by atoms with E-state index in [1.807, 2.05) is 24.3 Å². The number of carboxylic acids is 1. The van der Waals surface area contributed by atoms with E-state index in [1.54, 1.807) is 0 Å². The molecule has 1 aromatic carbocycles. The van der Waals surface area contributed by atoms with Crippen molar-refractivity contribution in [2.24, 2.45) is 0 Å². The third-order valence-corrected chi connectivity index (χ3v) is 3.64. The van der Waals surface area contributed by atoms with Crippen molar-refractivity contribution in [3.8, 4) is 0 Å². The van der Waals surface area contributed by atoms with Gasteiger partial charge in [-0.2, -0.15) is 0 Å². The molecule has 1 aromatic rings. The molecule has 0 spiro atoms. The van der Waals surface area contributed by atoms with Gasteiger partial charge in [0.25, 0.3) is 0 Å². The molecule has 0 atom stereocenters. The van der Waals surface area contributed by atoms with Crippen LogP contribution in [0.15, 0.2) is 28.7 Å². The summed E-state index contributed by atoms with van der Waals surface area (Å²) in [7, 11) is 0. The van der Waals surface area contributed by atoms with Gasteiger partial charge >= 0.3 is 5.97 Å². The van der Waals surface area contributed by atoms with Gasteiger partial charge in [0.2, 0.25) is 5.91 Å². The molecule has 0 heterocycles. The fourth-order valence-corrected chi connectivity index (χ4v) is 2.03. The van der Waals surface area contributed by atoms with E-state index in [-0.39, 0.29) is 12.5 Å². The number of benzene rings is 1. The van der Waals surface area contributed by atoms with Gasteiger partial charge in [-0.15, -0.1) is 0 Å². The highest BCUT2D eigenvalue weighted by Crippen LogP contribution is 2.23. The van der Waals surface area contributed by atoms with Gasteiger partial charge in [0, 0.05) is 17.9 Å². The molecular formula is C13H16BrNO3.